The van der Waals surface area contributed by atoms with Crippen LogP contribution in [0, 0.1) is 0 Å². The van der Waals surface area contributed by atoms with Crippen LogP contribution in [0.4, 0.5) is 0 Å². The molecule has 0 spiro atoms. The van der Waals surface area contributed by atoms with Gasteiger partial charge in [0.15, 0.2) is 0 Å². The van der Waals surface area contributed by atoms with Crippen molar-refractivity contribution >= 4 is 11.8 Å². The van der Waals surface area contributed by atoms with Crippen molar-refractivity contribution in [2.45, 2.75) is 26.8 Å². The van der Waals surface area contributed by atoms with Crippen LogP contribution < -0.4 is 0 Å². The molecule has 2 rings (SSSR count). The van der Waals surface area contributed by atoms with Crippen LogP contribution in [0.25, 0.3) is 5.57 Å². The van der Waals surface area contributed by atoms with Crippen LogP contribution in [0.1, 0.15) is 26.3 Å². The molecule has 2 heteroatoms. The number of phenolic OH excluding ortho intramolecular Hbond substituents is 1. The van der Waals surface area contributed by atoms with Gasteiger partial charge in [-0.3, -0.25) is 4.99 Å². The van der Waals surface area contributed by atoms with Gasteiger partial charge in [0.05, 0.1) is 6.04 Å². The molecule has 1 aliphatic rings. The number of allylic oxidation sites excluding steroid dienone is 3. The second kappa shape index (κ2) is 5.27. The largest absolute Gasteiger partial charge is 0.507 e. The molecule has 0 saturated heterocycles. The van der Waals surface area contributed by atoms with Crippen molar-refractivity contribution in [1.29, 1.82) is 0 Å². The van der Waals surface area contributed by atoms with Gasteiger partial charge in [-0.05, 0) is 49.1 Å². The first kappa shape index (κ1) is 13.3. The molecule has 1 unspecified atom stereocenters. The Morgan fingerprint density at radius 2 is 2.00 bits per heavy atom. The lowest BCUT2D eigenvalue weighted by Gasteiger charge is -2.12. The molecule has 1 aromatic carbocycles. The van der Waals surface area contributed by atoms with Crippen molar-refractivity contribution in [3.63, 3.8) is 0 Å². The van der Waals surface area contributed by atoms with Gasteiger partial charge in [-0.1, -0.05) is 30.9 Å². The van der Waals surface area contributed by atoms with Crippen molar-refractivity contribution in [2.75, 3.05) is 0 Å². The molecule has 0 aliphatic carbocycles. The fourth-order valence-corrected chi connectivity index (χ4v) is 2.25. The third-order valence-electron chi connectivity index (χ3n) is 3.53. The number of hydrogen-bond acceptors (Lipinski definition) is 2. The number of aromatic hydroxyl groups is 1. The van der Waals surface area contributed by atoms with Gasteiger partial charge in [0.2, 0.25) is 0 Å². The highest BCUT2D eigenvalue weighted by Gasteiger charge is 2.17. The molecule has 0 fully saturated rings. The first-order valence-electron chi connectivity index (χ1n) is 6.36. The lowest BCUT2D eigenvalue weighted by atomic mass is 9.97. The third-order valence-corrected chi connectivity index (χ3v) is 3.53. The Kier molecular flexibility index (Phi) is 3.70. The first-order chi connectivity index (χ1) is 9.00. The van der Waals surface area contributed by atoms with Crippen LogP contribution in [0.3, 0.4) is 0 Å². The maximum atomic E-state index is 9.82. The molecule has 0 bridgehead atoms. The zero-order chi connectivity index (χ0) is 14.0. The average Bonchev–Trinajstić information content (AvgIpc) is 2.70. The predicted octanol–water partition coefficient (Wildman–Crippen LogP) is 4.14. The van der Waals surface area contributed by atoms with E-state index in [1.165, 1.54) is 11.1 Å². The number of phenols is 1. The van der Waals surface area contributed by atoms with Crippen LogP contribution in [-0.4, -0.2) is 17.4 Å². The smallest absolute Gasteiger partial charge is 0.123 e. The van der Waals surface area contributed by atoms with Crippen molar-refractivity contribution < 1.29 is 5.11 Å². The van der Waals surface area contributed by atoms with E-state index >= 15 is 0 Å². The molecule has 1 atom stereocenters. The second-order valence-corrected chi connectivity index (χ2v) is 4.98. The van der Waals surface area contributed by atoms with Gasteiger partial charge in [0, 0.05) is 11.8 Å². The molecular weight excluding hydrogens is 234 g/mol. The van der Waals surface area contributed by atoms with E-state index in [9.17, 15) is 5.11 Å². The van der Waals surface area contributed by atoms with Crippen LogP contribution in [0.5, 0.6) is 5.75 Å². The van der Waals surface area contributed by atoms with Gasteiger partial charge in [-0.15, -0.1) is 0 Å². The summed E-state index contributed by atoms with van der Waals surface area (Å²) in [5.74, 6) is 0.259. The quantitative estimate of drug-likeness (QED) is 0.807. The average molecular weight is 253 g/mol. The SMILES string of the molecule is C=C(/C=C(/C)C1N=CC(C)=C1C)c1ccccc1O. The number of benzene rings is 1. The van der Waals surface area contributed by atoms with Crippen LogP contribution in [0.2, 0.25) is 0 Å². The number of hydrogen-bond donors (Lipinski definition) is 1. The van der Waals surface area contributed by atoms with Crippen molar-refractivity contribution in [3.8, 4) is 5.75 Å². The summed E-state index contributed by atoms with van der Waals surface area (Å²) in [4.78, 5) is 4.50. The Hall–Kier alpha value is -2.09. The van der Waals surface area contributed by atoms with E-state index in [4.69, 9.17) is 0 Å². The fraction of sp³-hybridized carbons (Fsp3) is 0.235. The van der Waals surface area contributed by atoms with E-state index < -0.39 is 0 Å². The van der Waals surface area contributed by atoms with Gasteiger partial charge >= 0.3 is 0 Å². The number of para-hydroxylation sites is 1. The molecule has 19 heavy (non-hydrogen) atoms. The Morgan fingerprint density at radius 1 is 1.32 bits per heavy atom. The van der Waals surface area contributed by atoms with Gasteiger partial charge in [0.25, 0.3) is 0 Å². The fourth-order valence-electron chi connectivity index (χ4n) is 2.25. The molecule has 1 N–H and O–H groups in total. The van der Waals surface area contributed by atoms with E-state index in [-0.39, 0.29) is 11.8 Å². The lowest BCUT2D eigenvalue weighted by Crippen LogP contribution is -2.05. The highest BCUT2D eigenvalue weighted by Crippen LogP contribution is 2.28. The summed E-state index contributed by atoms with van der Waals surface area (Å²) < 4.78 is 0. The molecule has 0 amide bonds. The zero-order valence-electron chi connectivity index (χ0n) is 11.6. The zero-order valence-corrected chi connectivity index (χ0v) is 11.6. The third kappa shape index (κ3) is 2.68. The van der Waals surface area contributed by atoms with Crippen molar-refractivity contribution in [2.24, 2.45) is 4.99 Å². The van der Waals surface area contributed by atoms with Gasteiger partial charge in [-0.25, -0.2) is 0 Å². The number of nitrogens with zero attached hydrogens (tertiary/aromatic N) is 1. The Bertz CT molecular complexity index is 605. The lowest BCUT2D eigenvalue weighted by molar-refractivity contribution is 0.474. The van der Waals surface area contributed by atoms with E-state index in [1.807, 2.05) is 24.4 Å². The number of rotatable bonds is 3. The second-order valence-electron chi connectivity index (χ2n) is 4.98. The van der Waals surface area contributed by atoms with E-state index in [0.717, 1.165) is 16.7 Å². The van der Waals surface area contributed by atoms with E-state index in [1.54, 1.807) is 12.1 Å². The monoisotopic (exact) mass is 253 g/mol. The minimum absolute atomic E-state index is 0.114. The summed E-state index contributed by atoms with van der Waals surface area (Å²) in [6, 6.07) is 7.36. The predicted molar refractivity (Wildman–Crippen MR) is 81.6 cm³/mol. The summed E-state index contributed by atoms with van der Waals surface area (Å²) in [5.41, 5.74) is 5.22. The molecule has 0 radical (unpaired) electrons. The van der Waals surface area contributed by atoms with Crippen molar-refractivity contribution in [3.05, 3.63) is 59.2 Å². The Balaban J connectivity index is 2.26. The summed E-state index contributed by atoms with van der Waals surface area (Å²) in [7, 11) is 0. The van der Waals surface area contributed by atoms with Gasteiger partial charge in [0.1, 0.15) is 5.75 Å². The molecule has 1 aromatic rings. The molecule has 0 saturated carbocycles. The van der Waals surface area contributed by atoms with Crippen molar-refractivity contribution in [1.82, 2.24) is 0 Å². The van der Waals surface area contributed by atoms with Crippen LogP contribution in [0.15, 0.2) is 58.6 Å². The van der Waals surface area contributed by atoms with Crippen LogP contribution >= 0.6 is 0 Å². The molecule has 0 aromatic heterocycles. The molecule has 2 nitrogen and oxygen atoms in total. The molecular formula is C17H19NO. The minimum atomic E-state index is 0.114. The topological polar surface area (TPSA) is 32.6 Å². The standard InChI is InChI=1S/C17H19NO/c1-11(15-7-5-6-8-16(15)19)9-12(2)17-14(4)13(3)10-18-17/h5-10,17,19H,1H2,2-4H3/b12-9-. The summed E-state index contributed by atoms with van der Waals surface area (Å²) in [6.07, 6.45) is 3.92. The maximum absolute atomic E-state index is 9.82. The normalized spacial score (nSPS) is 19.1. The van der Waals surface area contributed by atoms with E-state index in [2.05, 4.69) is 32.3 Å². The highest BCUT2D eigenvalue weighted by atomic mass is 16.3. The maximum Gasteiger partial charge on any atom is 0.123 e. The summed E-state index contributed by atoms with van der Waals surface area (Å²) >= 11 is 0. The summed E-state index contributed by atoms with van der Waals surface area (Å²) in [6.45, 7) is 10.3. The molecule has 1 heterocycles. The van der Waals surface area contributed by atoms with Gasteiger partial charge in [-0.2, -0.15) is 0 Å². The summed E-state index contributed by atoms with van der Waals surface area (Å²) in [5, 5.41) is 9.82. The first-order valence-corrected chi connectivity index (χ1v) is 6.36. The molecule has 98 valence electrons. The molecule has 1 aliphatic heterocycles. The van der Waals surface area contributed by atoms with Gasteiger partial charge < -0.3 is 5.11 Å². The minimum Gasteiger partial charge on any atom is -0.507 e. The Labute approximate surface area is 114 Å². The van der Waals surface area contributed by atoms with E-state index in [0.29, 0.717) is 0 Å². The highest BCUT2D eigenvalue weighted by molar-refractivity contribution is 5.83. The van der Waals surface area contributed by atoms with Crippen LogP contribution in [-0.2, 0) is 0 Å². The number of aliphatic imine (C=N–C) groups is 1. The Morgan fingerprint density at radius 3 is 2.58 bits per heavy atom.